The van der Waals surface area contributed by atoms with Crippen molar-refractivity contribution < 1.29 is 0 Å². The van der Waals surface area contributed by atoms with Crippen LogP contribution in [0.3, 0.4) is 0 Å². The van der Waals surface area contributed by atoms with Crippen LogP contribution >= 0.6 is 0 Å². The highest BCUT2D eigenvalue weighted by atomic mass is 14.6. The van der Waals surface area contributed by atoms with Gasteiger partial charge in [0.25, 0.3) is 0 Å². The maximum absolute atomic E-state index is 5.94. The molecule has 14 heavy (non-hydrogen) atoms. The summed E-state index contributed by atoms with van der Waals surface area (Å²) in [6.07, 6.45) is 2.11. The van der Waals surface area contributed by atoms with E-state index >= 15 is 0 Å². The molecule has 1 aliphatic rings. The molecule has 76 valence electrons. The summed E-state index contributed by atoms with van der Waals surface area (Å²) in [5, 5.41) is 0. The predicted molar refractivity (Wildman–Crippen MR) is 60.5 cm³/mol. The van der Waals surface area contributed by atoms with Crippen LogP contribution in [0.25, 0.3) is 0 Å². The summed E-state index contributed by atoms with van der Waals surface area (Å²) in [7, 11) is 0. The van der Waals surface area contributed by atoms with E-state index in [-0.39, 0.29) is 5.41 Å². The van der Waals surface area contributed by atoms with E-state index in [1.165, 1.54) is 16.7 Å². The molecule has 1 unspecified atom stereocenters. The Morgan fingerprint density at radius 3 is 2.43 bits per heavy atom. The van der Waals surface area contributed by atoms with Crippen LogP contribution in [0.15, 0.2) is 18.2 Å². The van der Waals surface area contributed by atoms with Gasteiger partial charge in [-0.25, -0.2) is 0 Å². The second-order valence-corrected chi connectivity index (χ2v) is 5.40. The molecule has 1 heteroatoms. The summed E-state index contributed by atoms with van der Waals surface area (Å²) < 4.78 is 0. The van der Waals surface area contributed by atoms with Gasteiger partial charge in [0.05, 0.1) is 0 Å². The molecule has 1 aromatic rings. The van der Waals surface area contributed by atoms with Crippen molar-refractivity contribution in [2.24, 2.45) is 5.73 Å². The lowest BCUT2D eigenvalue weighted by atomic mass is 9.85. The van der Waals surface area contributed by atoms with Gasteiger partial charge in [-0.2, -0.15) is 0 Å². The van der Waals surface area contributed by atoms with Gasteiger partial charge in [-0.15, -0.1) is 0 Å². The molecule has 0 bridgehead atoms. The van der Waals surface area contributed by atoms with Crippen molar-refractivity contribution in [1.29, 1.82) is 0 Å². The van der Waals surface area contributed by atoms with Gasteiger partial charge in [-0.05, 0) is 34.9 Å². The Kier molecular flexibility index (Phi) is 2.15. The molecule has 1 aliphatic carbocycles. The standard InChI is InChI=1S/C13H19N/c1-13(2,3)11-5-4-9-7-12(14)8-10(9)6-11/h4-6,12H,7-8,14H2,1-3H3. The minimum Gasteiger partial charge on any atom is -0.327 e. The van der Waals surface area contributed by atoms with Crippen LogP contribution in [0.4, 0.5) is 0 Å². The lowest BCUT2D eigenvalue weighted by Crippen LogP contribution is -2.19. The average molecular weight is 189 g/mol. The molecule has 1 atom stereocenters. The number of hydrogen-bond acceptors (Lipinski definition) is 1. The summed E-state index contributed by atoms with van der Waals surface area (Å²) in [5.74, 6) is 0. The van der Waals surface area contributed by atoms with Crippen molar-refractivity contribution in [3.8, 4) is 0 Å². The molecule has 0 saturated carbocycles. The zero-order valence-electron chi connectivity index (χ0n) is 9.30. The molecule has 2 rings (SSSR count). The highest BCUT2D eigenvalue weighted by Gasteiger charge is 2.21. The first-order valence-electron chi connectivity index (χ1n) is 5.34. The Morgan fingerprint density at radius 2 is 1.79 bits per heavy atom. The van der Waals surface area contributed by atoms with Gasteiger partial charge in [-0.3, -0.25) is 0 Å². The molecule has 0 amide bonds. The van der Waals surface area contributed by atoms with Crippen LogP contribution in [0.2, 0.25) is 0 Å². The summed E-state index contributed by atoms with van der Waals surface area (Å²) in [6.45, 7) is 6.76. The Balaban J connectivity index is 2.38. The first-order chi connectivity index (χ1) is 6.47. The molecule has 0 fully saturated rings. The molecular weight excluding hydrogens is 170 g/mol. The molecule has 1 nitrogen and oxygen atoms in total. The van der Waals surface area contributed by atoms with Gasteiger partial charge in [0, 0.05) is 6.04 Å². The fourth-order valence-electron chi connectivity index (χ4n) is 2.12. The number of fused-ring (bicyclic) bond motifs is 1. The Labute approximate surface area is 86.3 Å². The van der Waals surface area contributed by atoms with Crippen molar-refractivity contribution in [3.63, 3.8) is 0 Å². The lowest BCUT2D eigenvalue weighted by molar-refractivity contribution is 0.589. The van der Waals surface area contributed by atoms with E-state index in [1.807, 2.05) is 0 Å². The fourth-order valence-corrected chi connectivity index (χ4v) is 2.12. The molecule has 2 N–H and O–H groups in total. The maximum Gasteiger partial charge on any atom is 0.0120 e. The highest BCUT2D eigenvalue weighted by molar-refractivity contribution is 5.39. The summed E-state index contributed by atoms with van der Waals surface area (Å²) in [5.41, 5.74) is 10.5. The third kappa shape index (κ3) is 1.69. The van der Waals surface area contributed by atoms with Gasteiger partial charge >= 0.3 is 0 Å². The maximum atomic E-state index is 5.94. The van der Waals surface area contributed by atoms with Crippen LogP contribution in [-0.2, 0) is 18.3 Å². The van der Waals surface area contributed by atoms with E-state index in [0.717, 1.165) is 12.8 Å². The van der Waals surface area contributed by atoms with E-state index in [4.69, 9.17) is 5.73 Å². The molecule has 1 aromatic carbocycles. The average Bonchev–Trinajstić information content (AvgIpc) is 2.41. The minimum atomic E-state index is 0.252. The van der Waals surface area contributed by atoms with Crippen LogP contribution in [0.5, 0.6) is 0 Å². The zero-order chi connectivity index (χ0) is 10.3. The van der Waals surface area contributed by atoms with Crippen LogP contribution in [0.1, 0.15) is 37.5 Å². The second kappa shape index (κ2) is 3.09. The van der Waals surface area contributed by atoms with Gasteiger partial charge in [-0.1, -0.05) is 39.0 Å². The molecule has 0 saturated heterocycles. The normalized spacial score (nSPS) is 21.0. The number of benzene rings is 1. The third-order valence-electron chi connectivity index (χ3n) is 3.04. The van der Waals surface area contributed by atoms with E-state index in [2.05, 4.69) is 39.0 Å². The lowest BCUT2D eigenvalue weighted by Gasteiger charge is -2.19. The van der Waals surface area contributed by atoms with Crippen molar-refractivity contribution >= 4 is 0 Å². The Bertz CT molecular complexity index is 347. The number of rotatable bonds is 0. The van der Waals surface area contributed by atoms with Crippen LogP contribution < -0.4 is 5.73 Å². The number of nitrogens with two attached hydrogens (primary N) is 1. The minimum absolute atomic E-state index is 0.252. The van der Waals surface area contributed by atoms with Crippen molar-refractivity contribution in [2.45, 2.75) is 45.1 Å². The smallest absolute Gasteiger partial charge is 0.0120 e. The van der Waals surface area contributed by atoms with Crippen LogP contribution in [0, 0.1) is 0 Å². The quantitative estimate of drug-likeness (QED) is 0.666. The third-order valence-corrected chi connectivity index (χ3v) is 3.04. The fraction of sp³-hybridized carbons (Fsp3) is 0.538. The van der Waals surface area contributed by atoms with E-state index < -0.39 is 0 Å². The van der Waals surface area contributed by atoms with E-state index in [0.29, 0.717) is 6.04 Å². The zero-order valence-corrected chi connectivity index (χ0v) is 9.30. The van der Waals surface area contributed by atoms with Crippen LogP contribution in [-0.4, -0.2) is 6.04 Å². The molecule has 0 radical (unpaired) electrons. The van der Waals surface area contributed by atoms with E-state index in [1.54, 1.807) is 0 Å². The topological polar surface area (TPSA) is 26.0 Å². The molecule has 0 spiro atoms. The van der Waals surface area contributed by atoms with Crippen molar-refractivity contribution in [2.75, 3.05) is 0 Å². The predicted octanol–water partition coefficient (Wildman–Crippen LogP) is 2.41. The van der Waals surface area contributed by atoms with E-state index in [9.17, 15) is 0 Å². The largest absolute Gasteiger partial charge is 0.327 e. The van der Waals surface area contributed by atoms with Gasteiger partial charge < -0.3 is 5.73 Å². The van der Waals surface area contributed by atoms with Crippen molar-refractivity contribution in [3.05, 3.63) is 34.9 Å². The SMILES string of the molecule is CC(C)(C)c1ccc2c(c1)CC(N)C2. The first kappa shape index (κ1) is 9.72. The summed E-state index contributed by atoms with van der Waals surface area (Å²) in [6, 6.07) is 7.18. The summed E-state index contributed by atoms with van der Waals surface area (Å²) in [4.78, 5) is 0. The van der Waals surface area contributed by atoms with Gasteiger partial charge in [0.15, 0.2) is 0 Å². The molecule has 0 aliphatic heterocycles. The monoisotopic (exact) mass is 189 g/mol. The van der Waals surface area contributed by atoms with Gasteiger partial charge in [0.1, 0.15) is 0 Å². The van der Waals surface area contributed by atoms with Crippen molar-refractivity contribution in [1.82, 2.24) is 0 Å². The summed E-state index contributed by atoms with van der Waals surface area (Å²) >= 11 is 0. The molecule has 0 aromatic heterocycles. The Hall–Kier alpha value is -0.820. The first-order valence-corrected chi connectivity index (χ1v) is 5.34. The second-order valence-electron chi connectivity index (χ2n) is 5.40. The molecule has 0 heterocycles. The Morgan fingerprint density at radius 1 is 1.14 bits per heavy atom. The van der Waals surface area contributed by atoms with Gasteiger partial charge in [0.2, 0.25) is 0 Å². The number of hydrogen-bond donors (Lipinski definition) is 1. The highest BCUT2D eigenvalue weighted by Crippen LogP contribution is 2.28. The molecular formula is C13H19N.